The van der Waals surface area contributed by atoms with Crippen LogP contribution in [0.5, 0.6) is 0 Å². The molecule has 0 aliphatic carbocycles. The van der Waals surface area contributed by atoms with Crippen molar-refractivity contribution < 1.29 is 14.2 Å². The molecule has 0 radical (unpaired) electrons. The Hall–Kier alpha value is -1.72. The Labute approximate surface area is 129 Å². The van der Waals surface area contributed by atoms with Crippen LogP contribution < -0.4 is 5.32 Å². The summed E-state index contributed by atoms with van der Waals surface area (Å²) in [6.07, 6.45) is 1.34. The van der Waals surface area contributed by atoms with E-state index in [1.807, 2.05) is 19.1 Å². The summed E-state index contributed by atoms with van der Waals surface area (Å²) in [5.41, 5.74) is 1.93. The highest BCUT2D eigenvalue weighted by Crippen LogP contribution is 2.26. The number of aliphatic hydroxyl groups excluding tert-OH is 1. The van der Waals surface area contributed by atoms with Crippen molar-refractivity contribution in [1.82, 2.24) is 4.98 Å². The summed E-state index contributed by atoms with van der Waals surface area (Å²) in [6.45, 7) is 3.71. The van der Waals surface area contributed by atoms with Crippen molar-refractivity contribution in [3.05, 3.63) is 35.8 Å². The molecule has 1 aromatic heterocycles. The number of hydrogen-bond acceptors (Lipinski definition) is 4. The number of ether oxygens (including phenoxy) is 1. The first kappa shape index (κ1) is 15.2. The molecule has 3 rings (SSSR count). The zero-order valence-corrected chi connectivity index (χ0v) is 12.7. The molecule has 0 saturated carbocycles. The van der Waals surface area contributed by atoms with Crippen molar-refractivity contribution in [2.75, 3.05) is 25.1 Å². The fourth-order valence-corrected chi connectivity index (χ4v) is 2.97. The number of benzene rings is 1. The molecule has 5 heteroatoms. The van der Waals surface area contributed by atoms with E-state index in [-0.39, 0.29) is 11.7 Å². The van der Waals surface area contributed by atoms with E-state index in [1.54, 1.807) is 6.07 Å². The summed E-state index contributed by atoms with van der Waals surface area (Å²) in [5.74, 6) is -0.0681. The molecule has 4 nitrogen and oxygen atoms in total. The van der Waals surface area contributed by atoms with E-state index in [4.69, 9.17) is 4.74 Å². The Morgan fingerprint density at radius 1 is 1.41 bits per heavy atom. The molecule has 1 unspecified atom stereocenters. The normalized spacial score (nSPS) is 17.6. The molecule has 1 aliphatic rings. The lowest BCUT2D eigenvalue weighted by Crippen LogP contribution is -2.32. The summed E-state index contributed by atoms with van der Waals surface area (Å²) in [5, 5.41) is 14.3. The van der Waals surface area contributed by atoms with E-state index < -0.39 is 6.10 Å². The number of hydrogen-bond donors (Lipinski definition) is 2. The molecule has 0 amide bonds. The van der Waals surface area contributed by atoms with Gasteiger partial charge in [0.1, 0.15) is 11.3 Å². The zero-order valence-electron chi connectivity index (χ0n) is 12.7. The quantitative estimate of drug-likeness (QED) is 0.912. The SMILES string of the molecule is Cc1cc(NCC(O)C2CCOCC2)c2cccc(F)c2n1. The van der Waals surface area contributed by atoms with E-state index in [1.165, 1.54) is 6.07 Å². The predicted molar refractivity (Wildman–Crippen MR) is 84.5 cm³/mol. The van der Waals surface area contributed by atoms with Crippen LogP contribution in [0.25, 0.3) is 10.9 Å². The van der Waals surface area contributed by atoms with Crippen LogP contribution in [-0.4, -0.2) is 36.0 Å². The molecular formula is C17H21FN2O2. The van der Waals surface area contributed by atoms with Gasteiger partial charge in [0.2, 0.25) is 0 Å². The number of aromatic nitrogens is 1. The first-order chi connectivity index (χ1) is 10.6. The molecule has 1 atom stereocenters. The molecule has 2 N–H and O–H groups in total. The average Bonchev–Trinajstić information content (AvgIpc) is 2.54. The number of anilines is 1. The molecule has 0 spiro atoms. The van der Waals surface area contributed by atoms with Gasteiger partial charge in [0.15, 0.2) is 0 Å². The van der Waals surface area contributed by atoms with Crippen molar-refractivity contribution in [2.24, 2.45) is 5.92 Å². The Balaban J connectivity index is 1.77. The van der Waals surface area contributed by atoms with Crippen molar-refractivity contribution >= 4 is 16.6 Å². The van der Waals surface area contributed by atoms with Crippen LogP contribution in [0.3, 0.4) is 0 Å². The third-order valence-electron chi connectivity index (χ3n) is 4.23. The number of nitrogens with zero attached hydrogens (tertiary/aromatic N) is 1. The first-order valence-electron chi connectivity index (χ1n) is 7.70. The number of para-hydroxylation sites is 1. The molecule has 1 fully saturated rings. The molecule has 2 aromatic rings. The van der Waals surface area contributed by atoms with Crippen LogP contribution in [0.2, 0.25) is 0 Å². The minimum Gasteiger partial charge on any atom is -0.391 e. The van der Waals surface area contributed by atoms with Crippen LogP contribution >= 0.6 is 0 Å². The van der Waals surface area contributed by atoms with Gasteiger partial charge >= 0.3 is 0 Å². The number of halogens is 1. The van der Waals surface area contributed by atoms with Crippen molar-refractivity contribution in [3.8, 4) is 0 Å². The van der Waals surface area contributed by atoms with Gasteiger partial charge in [0, 0.05) is 36.5 Å². The van der Waals surface area contributed by atoms with Crippen molar-refractivity contribution in [3.63, 3.8) is 0 Å². The second-order valence-corrected chi connectivity index (χ2v) is 5.85. The maximum absolute atomic E-state index is 13.9. The Morgan fingerprint density at radius 2 is 2.18 bits per heavy atom. The van der Waals surface area contributed by atoms with Crippen LogP contribution in [-0.2, 0) is 4.74 Å². The van der Waals surface area contributed by atoms with Crippen LogP contribution in [0.15, 0.2) is 24.3 Å². The lowest BCUT2D eigenvalue weighted by atomic mass is 9.94. The average molecular weight is 304 g/mol. The Morgan fingerprint density at radius 3 is 2.95 bits per heavy atom. The highest BCUT2D eigenvalue weighted by molar-refractivity contribution is 5.91. The van der Waals surface area contributed by atoms with Gasteiger partial charge in [-0.1, -0.05) is 12.1 Å². The summed E-state index contributed by atoms with van der Waals surface area (Å²) in [4.78, 5) is 4.26. The number of aryl methyl sites for hydroxylation is 1. The minimum atomic E-state index is -0.430. The highest BCUT2D eigenvalue weighted by Gasteiger charge is 2.22. The number of aliphatic hydroxyl groups is 1. The first-order valence-corrected chi connectivity index (χ1v) is 7.70. The maximum Gasteiger partial charge on any atom is 0.149 e. The van der Waals surface area contributed by atoms with Crippen molar-refractivity contribution in [2.45, 2.75) is 25.9 Å². The lowest BCUT2D eigenvalue weighted by Gasteiger charge is -2.27. The highest BCUT2D eigenvalue weighted by atomic mass is 19.1. The summed E-state index contributed by atoms with van der Waals surface area (Å²) in [6, 6.07) is 6.82. The maximum atomic E-state index is 13.9. The summed E-state index contributed by atoms with van der Waals surface area (Å²) in [7, 11) is 0. The minimum absolute atomic E-state index is 0.257. The van der Waals surface area contributed by atoms with Gasteiger partial charge in [0.25, 0.3) is 0 Å². The second-order valence-electron chi connectivity index (χ2n) is 5.85. The molecule has 1 aromatic carbocycles. The van der Waals surface area contributed by atoms with Gasteiger partial charge in [0.05, 0.1) is 6.10 Å². The topological polar surface area (TPSA) is 54.4 Å². The van der Waals surface area contributed by atoms with Crippen LogP contribution in [0, 0.1) is 18.7 Å². The molecule has 1 saturated heterocycles. The van der Waals surface area contributed by atoms with Crippen LogP contribution in [0.4, 0.5) is 10.1 Å². The smallest absolute Gasteiger partial charge is 0.149 e. The predicted octanol–water partition coefficient (Wildman–Crippen LogP) is 2.88. The lowest BCUT2D eigenvalue weighted by molar-refractivity contribution is 0.0131. The van der Waals surface area contributed by atoms with E-state index in [0.29, 0.717) is 25.3 Å². The van der Waals surface area contributed by atoms with Gasteiger partial charge in [-0.2, -0.15) is 0 Å². The number of rotatable bonds is 4. The van der Waals surface area contributed by atoms with Gasteiger partial charge in [-0.05, 0) is 37.8 Å². The largest absolute Gasteiger partial charge is 0.391 e. The number of fused-ring (bicyclic) bond motifs is 1. The van der Waals surface area contributed by atoms with E-state index >= 15 is 0 Å². The third-order valence-corrected chi connectivity index (χ3v) is 4.23. The Bertz CT molecular complexity index is 656. The fraction of sp³-hybridized carbons (Fsp3) is 0.471. The van der Waals surface area contributed by atoms with Gasteiger partial charge < -0.3 is 15.2 Å². The zero-order chi connectivity index (χ0) is 15.5. The summed E-state index contributed by atoms with van der Waals surface area (Å²) < 4.78 is 19.2. The molecule has 118 valence electrons. The Kier molecular flexibility index (Phi) is 4.55. The summed E-state index contributed by atoms with van der Waals surface area (Å²) >= 11 is 0. The van der Waals surface area contributed by atoms with E-state index in [2.05, 4.69) is 10.3 Å². The molecule has 0 bridgehead atoms. The van der Waals surface area contributed by atoms with Gasteiger partial charge in [-0.15, -0.1) is 0 Å². The molecular weight excluding hydrogens is 283 g/mol. The van der Waals surface area contributed by atoms with Crippen LogP contribution in [0.1, 0.15) is 18.5 Å². The fourth-order valence-electron chi connectivity index (χ4n) is 2.97. The third kappa shape index (κ3) is 3.20. The van der Waals surface area contributed by atoms with Crippen molar-refractivity contribution in [1.29, 1.82) is 0 Å². The second kappa shape index (κ2) is 6.58. The molecule has 2 heterocycles. The number of pyridine rings is 1. The van der Waals surface area contributed by atoms with E-state index in [9.17, 15) is 9.50 Å². The number of nitrogens with one attached hydrogen (secondary N) is 1. The van der Waals surface area contributed by atoms with E-state index in [0.717, 1.165) is 29.6 Å². The molecule has 22 heavy (non-hydrogen) atoms. The van der Waals surface area contributed by atoms with Gasteiger partial charge in [-0.3, -0.25) is 0 Å². The standard InChI is InChI=1S/C17H21FN2O2/c1-11-9-15(13-3-2-4-14(18)17(13)20-11)19-10-16(21)12-5-7-22-8-6-12/h2-4,9,12,16,21H,5-8,10H2,1H3,(H,19,20). The van der Waals surface area contributed by atoms with Gasteiger partial charge in [-0.25, -0.2) is 9.37 Å². The monoisotopic (exact) mass is 304 g/mol. The molecule has 1 aliphatic heterocycles.